The van der Waals surface area contributed by atoms with E-state index >= 15 is 0 Å². The highest BCUT2D eigenvalue weighted by Gasteiger charge is 2.13. The molecule has 2 aromatic carbocycles. The molecule has 2 N–H and O–H groups in total. The van der Waals surface area contributed by atoms with Gasteiger partial charge in [0, 0.05) is 10.6 Å². The van der Waals surface area contributed by atoms with E-state index < -0.39 is 11.9 Å². The molecule has 0 radical (unpaired) electrons. The van der Waals surface area contributed by atoms with Crippen LogP contribution in [-0.4, -0.2) is 17.0 Å². The lowest BCUT2D eigenvalue weighted by Crippen LogP contribution is -2.14. The SMILES string of the molecule is Cc1cc(Cl)cc(C(=O)Nc2ccccc2C(=O)O)c1. The zero-order valence-corrected chi connectivity index (χ0v) is 11.4. The van der Waals surface area contributed by atoms with Crippen LogP contribution < -0.4 is 5.32 Å². The summed E-state index contributed by atoms with van der Waals surface area (Å²) in [5, 5.41) is 12.1. The number of anilines is 1. The van der Waals surface area contributed by atoms with Crippen molar-refractivity contribution in [2.75, 3.05) is 5.32 Å². The molecular formula is C15H12ClNO3. The number of carboxylic acid groups (broad SMARTS) is 1. The van der Waals surface area contributed by atoms with Crippen LogP contribution >= 0.6 is 11.6 Å². The number of carboxylic acids is 1. The van der Waals surface area contributed by atoms with Gasteiger partial charge in [-0.25, -0.2) is 4.79 Å². The molecule has 102 valence electrons. The molecule has 0 spiro atoms. The van der Waals surface area contributed by atoms with Crippen molar-refractivity contribution in [1.29, 1.82) is 0 Å². The maximum Gasteiger partial charge on any atom is 0.337 e. The molecule has 0 heterocycles. The molecule has 0 bridgehead atoms. The number of hydrogen-bond donors (Lipinski definition) is 2. The normalized spacial score (nSPS) is 10.1. The number of nitrogens with one attached hydrogen (secondary N) is 1. The maximum atomic E-state index is 12.1. The monoisotopic (exact) mass is 289 g/mol. The lowest BCUT2D eigenvalue weighted by atomic mass is 10.1. The third-order valence-corrected chi connectivity index (χ3v) is 2.93. The molecule has 2 rings (SSSR count). The quantitative estimate of drug-likeness (QED) is 0.907. The molecule has 0 aliphatic heterocycles. The summed E-state index contributed by atoms with van der Waals surface area (Å²) < 4.78 is 0. The highest BCUT2D eigenvalue weighted by atomic mass is 35.5. The van der Waals surface area contributed by atoms with Gasteiger partial charge in [0.1, 0.15) is 0 Å². The van der Waals surface area contributed by atoms with Crippen molar-refractivity contribution in [3.8, 4) is 0 Å². The molecule has 5 heteroatoms. The summed E-state index contributed by atoms with van der Waals surface area (Å²) in [7, 11) is 0. The molecule has 1 amide bonds. The number of aryl methyl sites for hydroxylation is 1. The van der Waals surface area contributed by atoms with Gasteiger partial charge in [-0.05, 0) is 42.8 Å². The number of rotatable bonds is 3. The summed E-state index contributed by atoms with van der Waals surface area (Å²) in [5.74, 6) is -1.49. The Morgan fingerprint density at radius 1 is 1.15 bits per heavy atom. The van der Waals surface area contributed by atoms with Crippen LogP contribution in [0.15, 0.2) is 42.5 Å². The zero-order chi connectivity index (χ0) is 14.7. The van der Waals surface area contributed by atoms with Crippen LogP contribution in [0.5, 0.6) is 0 Å². The first-order valence-electron chi connectivity index (χ1n) is 5.88. The Morgan fingerprint density at radius 3 is 2.50 bits per heavy atom. The molecular weight excluding hydrogens is 278 g/mol. The summed E-state index contributed by atoms with van der Waals surface area (Å²) in [6.45, 7) is 1.83. The molecule has 0 fully saturated rings. The van der Waals surface area contributed by atoms with Crippen molar-refractivity contribution in [3.63, 3.8) is 0 Å². The molecule has 0 aliphatic carbocycles. The van der Waals surface area contributed by atoms with Crippen LogP contribution in [-0.2, 0) is 0 Å². The van der Waals surface area contributed by atoms with Crippen LogP contribution in [0, 0.1) is 6.92 Å². The highest BCUT2D eigenvalue weighted by Crippen LogP contribution is 2.19. The minimum absolute atomic E-state index is 0.0413. The number of aromatic carboxylic acids is 1. The second-order valence-electron chi connectivity index (χ2n) is 4.32. The largest absolute Gasteiger partial charge is 0.478 e. The van der Waals surface area contributed by atoms with Crippen LogP contribution in [0.4, 0.5) is 5.69 Å². The van der Waals surface area contributed by atoms with E-state index in [1.807, 2.05) is 6.92 Å². The molecule has 0 atom stereocenters. The summed E-state index contributed by atoms with van der Waals surface area (Å²) in [5.41, 5.74) is 1.53. The van der Waals surface area contributed by atoms with Gasteiger partial charge in [0.2, 0.25) is 0 Å². The molecule has 4 nitrogen and oxygen atoms in total. The van der Waals surface area contributed by atoms with Gasteiger partial charge in [0.05, 0.1) is 11.3 Å². The van der Waals surface area contributed by atoms with Crippen molar-refractivity contribution in [2.24, 2.45) is 0 Å². The summed E-state index contributed by atoms with van der Waals surface area (Å²) >= 11 is 5.90. The molecule has 0 aromatic heterocycles. The van der Waals surface area contributed by atoms with Gasteiger partial charge in [-0.3, -0.25) is 4.79 Å². The summed E-state index contributed by atoms with van der Waals surface area (Å²) in [4.78, 5) is 23.2. The number of hydrogen-bond acceptors (Lipinski definition) is 2. The Kier molecular flexibility index (Phi) is 4.05. The van der Waals surface area contributed by atoms with Gasteiger partial charge < -0.3 is 10.4 Å². The lowest BCUT2D eigenvalue weighted by molar-refractivity contribution is 0.0698. The van der Waals surface area contributed by atoms with E-state index in [0.29, 0.717) is 10.6 Å². The van der Waals surface area contributed by atoms with Crippen molar-refractivity contribution in [3.05, 3.63) is 64.2 Å². The predicted molar refractivity (Wildman–Crippen MR) is 77.5 cm³/mol. The first kappa shape index (κ1) is 14.1. The Morgan fingerprint density at radius 2 is 1.85 bits per heavy atom. The van der Waals surface area contributed by atoms with E-state index in [0.717, 1.165) is 5.56 Å². The lowest BCUT2D eigenvalue weighted by Gasteiger charge is -2.09. The van der Waals surface area contributed by atoms with E-state index in [9.17, 15) is 9.59 Å². The van der Waals surface area contributed by atoms with Gasteiger partial charge in [-0.15, -0.1) is 0 Å². The fraction of sp³-hybridized carbons (Fsp3) is 0.0667. The van der Waals surface area contributed by atoms with Crippen LogP contribution in [0.25, 0.3) is 0 Å². The Hall–Kier alpha value is -2.33. The van der Waals surface area contributed by atoms with Crippen LogP contribution in [0.2, 0.25) is 5.02 Å². The molecule has 20 heavy (non-hydrogen) atoms. The van der Waals surface area contributed by atoms with Crippen molar-refractivity contribution < 1.29 is 14.7 Å². The number of amides is 1. The fourth-order valence-electron chi connectivity index (χ4n) is 1.84. The Bertz CT molecular complexity index is 662. The van der Waals surface area contributed by atoms with Gasteiger partial charge in [0.15, 0.2) is 0 Å². The van der Waals surface area contributed by atoms with Gasteiger partial charge in [0.25, 0.3) is 5.91 Å². The third kappa shape index (κ3) is 3.16. The second kappa shape index (κ2) is 5.75. The Balaban J connectivity index is 2.30. The van der Waals surface area contributed by atoms with Gasteiger partial charge in [-0.1, -0.05) is 23.7 Å². The van der Waals surface area contributed by atoms with Crippen molar-refractivity contribution >= 4 is 29.2 Å². The smallest absolute Gasteiger partial charge is 0.337 e. The molecule has 0 unspecified atom stereocenters. The standard InChI is InChI=1S/C15H12ClNO3/c1-9-6-10(8-11(16)7-9)14(18)17-13-5-3-2-4-12(13)15(19)20/h2-8H,1H3,(H,17,18)(H,19,20). The first-order chi connectivity index (χ1) is 9.47. The van der Waals surface area contributed by atoms with E-state index in [2.05, 4.69) is 5.32 Å². The molecule has 0 saturated heterocycles. The Labute approximate surface area is 121 Å². The first-order valence-corrected chi connectivity index (χ1v) is 6.26. The molecule has 0 saturated carbocycles. The number of para-hydroxylation sites is 1. The van der Waals surface area contributed by atoms with E-state index in [1.54, 1.807) is 30.3 Å². The number of benzene rings is 2. The van der Waals surface area contributed by atoms with Crippen molar-refractivity contribution in [1.82, 2.24) is 0 Å². The number of carbonyl (C=O) groups excluding carboxylic acids is 1. The van der Waals surface area contributed by atoms with Crippen LogP contribution in [0.3, 0.4) is 0 Å². The fourth-order valence-corrected chi connectivity index (χ4v) is 2.13. The van der Waals surface area contributed by atoms with Gasteiger partial charge in [-0.2, -0.15) is 0 Å². The molecule has 0 aliphatic rings. The summed E-state index contributed by atoms with van der Waals surface area (Å²) in [6, 6.07) is 11.2. The molecule has 2 aromatic rings. The zero-order valence-electron chi connectivity index (χ0n) is 10.7. The maximum absolute atomic E-state index is 12.1. The minimum atomic E-state index is -1.09. The predicted octanol–water partition coefficient (Wildman–Crippen LogP) is 3.60. The van der Waals surface area contributed by atoms with Crippen LogP contribution in [0.1, 0.15) is 26.3 Å². The average molecular weight is 290 g/mol. The topological polar surface area (TPSA) is 66.4 Å². The minimum Gasteiger partial charge on any atom is -0.478 e. The third-order valence-electron chi connectivity index (χ3n) is 2.71. The van der Waals surface area contributed by atoms with E-state index in [4.69, 9.17) is 16.7 Å². The number of carbonyl (C=O) groups is 2. The van der Waals surface area contributed by atoms with E-state index in [-0.39, 0.29) is 11.3 Å². The second-order valence-corrected chi connectivity index (χ2v) is 4.76. The van der Waals surface area contributed by atoms with E-state index in [1.165, 1.54) is 12.1 Å². The van der Waals surface area contributed by atoms with Gasteiger partial charge >= 0.3 is 5.97 Å². The average Bonchev–Trinajstić information content (AvgIpc) is 2.37. The highest BCUT2D eigenvalue weighted by molar-refractivity contribution is 6.31. The summed E-state index contributed by atoms with van der Waals surface area (Å²) in [6.07, 6.45) is 0. The number of halogens is 1. The van der Waals surface area contributed by atoms with Crippen molar-refractivity contribution in [2.45, 2.75) is 6.92 Å².